The molecule has 0 spiro atoms. The van der Waals surface area contributed by atoms with Crippen molar-refractivity contribution < 1.29 is 10.8 Å². The molecule has 0 unspecified atom stereocenters. The minimum Gasteiger partial charge on any atom is -0.356 e. The molecule has 0 radical (unpaired) electrons. The highest BCUT2D eigenvalue weighted by Crippen LogP contribution is 1.91. The summed E-state index contributed by atoms with van der Waals surface area (Å²) in [5, 5.41) is 14.8. The van der Waals surface area contributed by atoms with Crippen molar-refractivity contribution in [3.63, 3.8) is 0 Å². The largest absolute Gasteiger partial charge is 0.356 e. The van der Waals surface area contributed by atoms with E-state index in [4.69, 9.17) is 15.3 Å². The highest BCUT2D eigenvalue weighted by Gasteiger charge is 1.96. The molecule has 0 aromatic rings. The van der Waals surface area contributed by atoms with Gasteiger partial charge >= 0.3 is 0 Å². The third-order valence-electron chi connectivity index (χ3n) is 1.00. The van der Waals surface area contributed by atoms with Gasteiger partial charge < -0.3 is 21.1 Å². The fourth-order valence-electron chi connectivity index (χ4n) is 0.568. The molecule has 0 saturated heterocycles. The molecule has 0 heterocycles. The van der Waals surface area contributed by atoms with Gasteiger partial charge in [-0.1, -0.05) is 12.2 Å². The van der Waals surface area contributed by atoms with Crippen LogP contribution in [0.4, 0.5) is 0 Å². The van der Waals surface area contributed by atoms with Crippen molar-refractivity contribution in [1.82, 2.24) is 0 Å². The molecule has 70 valence electrons. The molecular weight excluding hydrogens is 160 g/mol. The number of rotatable bonds is 4. The molecule has 0 aromatic carbocycles. The average molecular weight is 174 g/mol. The number of hydrogen-bond acceptors (Lipinski definition) is 3. The summed E-state index contributed by atoms with van der Waals surface area (Å²) in [5.41, 5.74) is 3.88. The summed E-state index contributed by atoms with van der Waals surface area (Å²) in [6.45, 7) is 7.22. The van der Waals surface area contributed by atoms with Crippen LogP contribution in [0, 0.1) is 15.3 Å². The zero-order valence-corrected chi connectivity index (χ0v) is 6.94. The molecule has 0 saturated carbocycles. The van der Waals surface area contributed by atoms with Gasteiger partial charge in [0.2, 0.25) is 0 Å². The van der Waals surface area contributed by atoms with Gasteiger partial charge in [0.1, 0.15) is 0 Å². The predicted octanol–water partition coefficient (Wildman–Crippen LogP) is 0.510. The number of hydrogen-bond donors (Lipinski definition) is 1. The quantitative estimate of drug-likeness (QED) is 0.382. The normalized spacial score (nSPS) is 8.17. The van der Waals surface area contributed by atoms with E-state index in [-0.39, 0.29) is 0 Å². The van der Waals surface area contributed by atoms with Gasteiger partial charge in [-0.25, -0.2) is 0 Å². The van der Waals surface area contributed by atoms with Crippen molar-refractivity contribution in [3.05, 3.63) is 40.6 Å². The zero-order valence-electron chi connectivity index (χ0n) is 6.94. The molecule has 0 rings (SSSR count). The van der Waals surface area contributed by atoms with Crippen LogP contribution in [0.2, 0.25) is 0 Å². The topological polar surface area (TPSA) is 93.8 Å². The monoisotopic (exact) mass is 174 g/mol. The van der Waals surface area contributed by atoms with E-state index in [1.807, 2.05) is 12.2 Å². The maximum Gasteiger partial charge on any atom is 0.0913 e. The Bertz CT molecular complexity index is 134. The minimum absolute atomic E-state index is 0.477. The summed E-state index contributed by atoms with van der Waals surface area (Å²) in [5.74, 6) is 0. The molecule has 0 amide bonds. The van der Waals surface area contributed by atoms with Crippen LogP contribution in [0.25, 0.3) is 0 Å². The third kappa shape index (κ3) is 23.4. The van der Waals surface area contributed by atoms with Crippen LogP contribution in [-0.2, 0) is 0 Å². The molecule has 3 N–H and O–H groups in total. The first kappa shape index (κ1) is 13.2. The molecule has 12 heavy (non-hydrogen) atoms. The first-order valence-corrected chi connectivity index (χ1v) is 3.41. The van der Waals surface area contributed by atoms with Crippen molar-refractivity contribution in [2.24, 2.45) is 0 Å². The molecule has 0 aliphatic carbocycles. The molecule has 0 bridgehead atoms. The van der Waals surface area contributed by atoms with Gasteiger partial charge in [-0.2, -0.15) is 0 Å². The molecular formula is C7H14N2O3. The Kier molecular flexibility index (Phi) is 10.6. The van der Waals surface area contributed by atoms with Crippen molar-refractivity contribution in [1.29, 1.82) is 0 Å². The fourth-order valence-corrected chi connectivity index (χ4v) is 0.568. The van der Waals surface area contributed by atoms with Crippen LogP contribution in [0.5, 0.6) is 0 Å². The van der Waals surface area contributed by atoms with Crippen molar-refractivity contribution >= 4 is 0 Å². The Morgan fingerprint density at radius 3 is 1.75 bits per heavy atom. The number of nitrogens with zero attached hydrogens (tertiary/aromatic N) is 1. The Balaban J connectivity index is 0. The first-order chi connectivity index (χ1) is 5.54. The van der Waals surface area contributed by atoms with Crippen molar-refractivity contribution in [2.45, 2.75) is 18.9 Å². The summed E-state index contributed by atoms with van der Waals surface area (Å²) in [7, 11) is 0. The van der Waals surface area contributed by atoms with E-state index < -0.39 is 5.09 Å². The summed E-state index contributed by atoms with van der Waals surface area (Å²) in [4.78, 5) is 8.25. The zero-order chi connectivity index (χ0) is 9.98. The van der Waals surface area contributed by atoms with E-state index >= 15 is 0 Å². The van der Waals surface area contributed by atoms with Gasteiger partial charge in [-0.05, 0) is 0 Å². The van der Waals surface area contributed by atoms with Crippen LogP contribution in [0.1, 0.15) is 12.8 Å². The van der Waals surface area contributed by atoms with Crippen molar-refractivity contribution in [3.8, 4) is 0 Å². The Labute approximate surface area is 71.3 Å². The molecule has 0 fully saturated rings. The van der Waals surface area contributed by atoms with Crippen LogP contribution in [-0.4, -0.2) is 11.1 Å². The van der Waals surface area contributed by atoms with E-state index in [0.717, 1.165) is 12.8 Å². The van der Waals surface area contributed by atoms with Crippen LogP contribution in [0.3, 0.4) is 0 Å². The molecule has 0 aliphatic rings. The third-order valence-corrected chi connectivity index (χ3v) is 1.00. The van der Waals surface area contributed by atoms with E-state index in [1.165, 1.54) is 0 Å². The highest BCUT2D eigenvalue weighted by atomic mass is 16.9. The summed E-state index contributed by atoms with van der Waals surface area (Å²) >= 11 is 0. The lowest BCUT2D eigenvalue weighted by Crippen LogP contribution is -2.60. The van der Waals surface area contributed by atoms with Gasteiger partial charge in [0.25, 0.3) is 0 Å². The minimum atomic E-state index is -1.75. The molecule has 5 heteroatoms. The molecule has 0 atom stereocenters. The van der Waals surface area contributed by atoms with Crippen LogP contribution >= 0.6 is 0 Å². The lowest BCUT2D eigenvalue weighted by Gasteiger charge is -1.98. The van der Waals surface area contributed by atoms with E-state index in [2.05, 4.69) is 18.9 Å². The molecule has 0 aromatic heterocycles. The Morgan fingerprint density at radius 2 is 1.58 bits per heavy atom. The maximum absolute atomic E-state index is 8.25. The smallest absolute Gasteiger partial charge is 0.0913 e. The van der Waals surface area contributed by atoms with Gasteiger partial charge in [-0.3, -0.25) is 0 Å². The molecule has 0 aliphatic heterocycles. The van der Waals surface area contributed by atoms with Gasteiger partial charge in [0.05, 0.1) is 11.1 Å². The molecule has 5 nitrogen and oxygen atoms in total. The second kappa shape index (κ2) is 9.64. The van der Waals surface area contributed by atoms with Crippen molar-refractivity contribution in [2.75, 3.05) is 0 Å². The summed E-state index contributed by atoms with van der Waals surface area (Å²) in [6, 6.07) is 0.477. The first-order valence-electron chi connectivity index (χ1n) is 3.41. The van der Waals surface area contributed by atoms with E-state index in [1.54, 1.807) is 0 Å². The standard InChI is InChI=1S/C7H13N.NO3/c1-3-5-7(8)6-4-2;2-1(3)4/h3-4,7H,1-2,5-6,8H2;/q;-1/p+1. The van der Waals surface area contributed by atoms with E-state index in [9.17, 15) is 0 Å². The highest BCUT2D eigenvalue weighted by molar-refractivity contribution is 4.77. The number of quaternary nitrogens is 1. The SMILES string of the molecule is C=CCC([NH3+])CC=C.O=[N+]([O-])[O-]. The van der Waals surface area contributed by atoms with Gasteiger partial charge in [-0.15, -0.1) is 13.2 Å². The van der Waals surface area contributed by atoms with E-state index in [0.29, 0.717) is 6.04 Å². The summed E-state index contributed by atoms with van der Waals surface area (Å²) < 4.78 is 0. The Hall–Kier alpha value is -1.36. The van der Waals surface area contributed by atoms with Gasteiger partial charge in [0.15, 0.2) is 0 Å². The lowest BCUT2D eigenvalue weighted by atomic mass is 10.1. The second-order valence-corrected chi connectivity index (χ2v) is 2.14. The Morgan fingerprint density at radius 1 is 1.33 bits per heavy atom. The average Bonchev–Trinajstić information content (AvgIpc) is 1.87. The fraction of sp³-hybridized carbons (Fsp3) is 0.429. The maximum atomic E-state index is 8.25. The van der Waals surface area contributed by atoms with Crippen LogP contribution in [0.15, 0.2) is 25.3 Å². The van der Waals surface area contributed by atoms with Crippen LogP contribution < -0.4 is 5.73 Å². The predicted molar refractivity (Wildman–Crippen MR) is 46.7 cm³/mol. The van der Waals surface area contributed by atoms with Gasteiger partial charge in [0, 0.05) is 12.8 Å². The second-order valence-electron chi connectivity index (χ2n) is 2.14. The lowest BCUT2D eigenvalue weighted by molar-refractivity contribution is -0.417. The summed E-state index contributed by atoms with van der Waals surface area (Å²) in [6.07, 6.45) is 5.76.